The van der Waals surface area contributed by atoms with Gasteiger partial charge in [-0.3, -0.25) is 4.57 Å². The van der Waals surface area contributed by atoms with Crippen molar-refractivity contribution in [2.75, 3.05) is 5.32 Å². The smallest absolute Gasteiger partial charge is 0.352 e. The molecule has 22 heavy (non-hydrogen) atoms. The Kier molecular flexibility index (Phi) is 3.79. The Balaban J connectivity index is 1.75. The minimum atomic E-state index is -0.299. The van der Waals surface area contributed by atoms with Gasteiger partial charge in [0.2, 0.25) is 5.88 Å². The summed E-state index contributed by atoms with van der Waals surface area (Å²) in [5, 5.41) is 12.0. The summed E-state index contributed by atoms with van der Waals surface area (Å²) < 4.78 is 7.22. The molecule has 0 bridgehead atoms. The summed E-state index contributed by atoms with van der Waals surface area (Å²) in [5.74, 6) is 1.05. The van der Waals surface area contributed by atoms with E-state index in [-0.39, 0.29) is 5.69 Å². The van der Waals surface area contributed by atoms with Crippen LogP contribution in [0.25, 0.3) is 0 Å². The van der Waals surface area contributed by atoms with E-state index in [1.54, 1.807) is 22.8 Å². The lowest BCUT2D eigenvalue weighted by Crippen LogP contribution is -2.34. The molecule has 1 aliphatic rings. The Morgan fingerprint density at radius 2 is 2.23 bits per heavy atom. The maximum Gasteiger partial charge on any atom is 0.352 e. The van der Waals surface area contributed by atoms with Crippen LogP contribution in [0.2, 0.25) is 0 Å². The molecule has 1 N–H and O–H groups in total. The van der Waals surface area contributed by atoms with E-state index in [9.17, 15) is 4.79 Å². The van der Waals surface area contributed by atoms with Crippen LogP contribution in [0.15, 0.2) is 35.1 Å². The van der Waals surface area contributed by atoms with Gasteiger partial charge in [0.15, 0.2) is 0 Å². The van der Waals surface area contributed by atoms with E-state index in [2.05, 4.69) is 23.3 Å². The van der Waals surface area contributed by atoms with E-state index in [4.69, 9.17) is 10.00 Å². The number of ether oxygens (including phenoxy) is 1. The second-order valence-electron chi connectivity index (χ2n) is 5.35. The summed E-state index contributed by atoms with van der Waals surface area (Å²) in [5.41, 5.74) is 1.22. The SMILES string of the molecule is CC1CCn2c(cc(OCc3ccc(C#N)cc3)nc2=O)N1. The molecule has 112 valence electrons. The highest BCUT2D eigenvalue weighted by molar-refractivity contribution is 5.41. The summed E-state index contributed by atoms with van der Waals surface area (Å²) in [6.07, 6.45) is 0.903. The summed E-state index contributed by atoms with van der Waals surface area (Å²) in [7, 11) is 0. The molecular formula is C16H16N4O2. The second kappa shape index (κ2) is 5.90. The number of nitrogens with zero attached hydrogens (tertiary/aromatic N) is 3. The molecule has 2 aromatic rings. The number of hydrogen-bond acceptors (Lipinski definition) is 5. The van der Waals surface area contributed by atoms with Crippen molar-refractivity contribution in [2.45, 2.75) is 32.5 Å². The zero-order valence-corrected chi connectivity index (χ0v) is 12.2. The third kappa shape index (κ3) is 2.93. The fourth-order valence-electron chi connectivity index (χ4n) is 2.37. The molecule has 0 saturated heterocycles. The first kappa shape index (κ1) is 14.1. The van der Waals surface area contributed by atoms with E-state index >= 15 is 0 Å². The third-order valence-electron chi connectivity index (χ3n) is 3.64. The van der Waals surface area contributed by atoms with Crippen LogP contribution < -0.4 is 15.7 Å². The molecule has 1 unspecified atom stereocenters. The quantitative estimate of drug-likeness (QED) is 0.935. The maximum atomic E-state index is 12.0. The first-order valence-electron chi connectivity index (χ1n) is 7.16. The number of benzene rings is 1. The van der Waals surface area contributed by atoms with Gasteiger partial charge < -0.3 is 10.1 Å². The molecule has 2 heterocycles. The fourth-order valence-corrected chi connectivity index (χ4v) is 2.37. The molecule has 0 amide bonds. The van der Waals surface area contributed by atoms with E-state index in [0.29, 0.717) is 30.6 Å². The summed E-state index contributed by atoms with van der Waals surface area (Å²) >= 11 is 0. The molecule has 0 aliphatic carbocycles. The van der Waals surface area contributed by atoms with Crippen molar-refractivity contribution in [3.8, 4) is 11.9 Å². The minimum absolute atomic E-state index is 0.299. The van der Waals surface area contributed by atoms with Crippen LogP contribution in [0.1, 0.15) is 24.5 Å². The zero-order chi connectivity index (χ0) is 15.5. The van der Waals surface area contributed by atoms with Gasteiger partial charge in [-0.2, -0.15) is 10.2 Å². The molecule has 6 heteroatoms. The topological polar surface area (TPSA) is 79.9 Å². The standard InChI is InChI=1S/C16H16N4O2/c1-11-6-7-20-14(18-11)8-15(19-16(20)21)22-10-13-4-2-12(9-17)3-5-13/h2-5,8,11,18H,6-7,10H2,1H3. The van der Waals surface area contributed by atoms with E-state index in [1.165, 1.54) is 0 Å². The van der Waals surface area contributed by atoms with Crippen molar-refractivity contribution < 1.29 is 4.74 Å². The van der Waals surface area contributed by atoms with Crippen LogP contribution >= 0.6 is 0 Å². The van der Waals surface area contributed by atoms with Gasteiger partial charge in [0.25, 0.3) is 0 Å². The highest BCUT2D eigenvalue weighted by atomic mass is 16.5. The second-order valence-corrected chi connectivity index (χ2v) is 5.35. The molecule has 1 atom stereocenters. The number of nitriles is 1. The van der Waals surface area contributed by atoms with Gasteiger partial charge in [-0.05, 0) is 31.0 Å². The molecule has 0 saturated carbocycles. The largest absolute Gasteiger partial charge is 0.473 e. The van der Waals surface area contributed by atoms with Gasteiger partial charge >= 0.3 is 5.69 Å². The highest BCUT2D eigenvalue weighted by Crippen LogP contribution is 2.19. The molecular weight excluding hydrogens is 280 g/mol. The first-order valence-corrected chi connectivity index (χ1v) is 7.16. The lowest BCUT2D eigenvalue weighted by Gasteiger charge is -2.25. The highest BCUT2D eigenvalue weighted by Gasteiger charge is 2.16. The van der Waals surface area contributed by atoms with E-state index in [0.717, 1.165) is 17.8 Å². The van der Waals surface area contributed by atoms with Gasteiger partial charge in [-0.15, -0.1) is 0 Å². The number of rotatable bonds is 3. The average molecular weight is 296 g/mol. The number of hydrogen-bond donors (Lipinski definition) is 1. The molecule has 1 aromatic carbocycles. The van der Waals surface area contributed by atoms with Gasteiger partial charge in [0, 0.05) is 18.7 Å². The Hall–Kier alpha value is -2.81. The molecule has 0 spiro atoms. The summed E-state index contributed by atoms with van der Waals surface area (Å²) in [6.45, 7) is 3.05. The molecule has 0 fully saturated rings. The van der Waals surface area contributed by atoms with Crippen molar-refractivity contribution in [2.24, 2.45) is 0 Å². The predicted octanol–water partition coefficient (Wildman–Crippen LogP) is 1.90. The first-order chi connectivity index (χ1) is 10.7. The van der Waals surface area contributed by atoms with Crippen LogP contribution in [-0.4, -0.2) is 15.6 Å². The molecule has 6 nitrogen and oxygen atoms in total. The van der Waals surface area contributed by atoms with Crippen molar-refractivity contribution >= 4 is 5.82 Å². The van der Waals surface area contributed by atoms with Crippen LogP contribution in [0.5, 0.6) is 5.88 Å². The van der Waals surface area contributed by atoms with Crippen molar-refractivity contribution in [3.63, 3.8) is 0 Å². The van der Waals surface area contributed by atoms with Crippen molar-refractivity contribution in [3.05, 3.63) is 51.9 Å². The Morgan fingerprint density at radius 1 is 1.45 bits per heavy atom. The minimum Gasteiger partial charge on any atom is -0.473 e. The summed E-state index contributed by atoms with van der Waals surface area (Å²) in [4.78, 5) is 15.9. The lowest BCUT2D eigenvalue weighted by atomic mass is 10.2. The van der Waals surface area contributed by atoms with E-state index in [1.807, 2.05) is 12.1 Å². The van der Waals surface area contributed by atoms with Crippen LogP contribution in [0, 0.1) is 11.3 Å². The Bertz CT molecular complexity index is 774. The number of anilines is 1. The number of aromatic nitrogens is 2. The van der Waals surface area contributed by atoms with Crippen molar-refractivity contribution in [1.82, 2.24) is 9.55 Å². The fraction of sp³-hybridized carbons (Fsp3) is 0.312. The monoisotopic (exact) mass is 296 g/mol. The van der Waals surface area contributed by atoms with Crippen LogP contribution in [-0.2, 0) is 13.2 Å². The number of nitrogens with one attached hydrogen (secondary N) is 1. The normalized spacial score (nSPS) is 16.3. The lowest BCUT2D eigenvalue weighted by molar-refractivity contribution is 0.290. The van der Waals surface area contributed by atoms with E-state index < -0.39 is 0 Å². The van der Waals surface area contributed by atoms with Crippen LogP contribution in [0.4, 0.5) is 5.82 Å². The zero-order valence-electron chi connectivity index (χ0n) is 12.2. The molecule has 0 radical (unpaired) electrons. The van der Waals surface area contributed by atoms with Crippen molar-refractivity contribution in [1.29, 1.82) is 5.26 Å². The molecule has 3 rings (SSSR count). The van der Waals surface area contributed by atoms with Crippen LogP contribution in [0.3, 0.4) is 0 Å². The average Bonchev–Trinajstić information content (AvgIpc) is 2.53. The molecule has 1 aliphatic heterocycles. The van der Waals surface area contributed by atoms with Gasteiger partial charge in [0.1, 0.15) is 12.4 Å². The summed E-state index contributed by atoms with van der Waals surface area (Å²) in [6, 6.07) is 11.3. The Labute approximate surface area is 128 Å². The van der Waals surface area contributed by atoms with Gasteiger partial charge in [0.05, 0.1) is 11.6 Å². The maximum absolute atomic E-state index is 12.0. The molecule has 1 aromatic heterocycles. The van der Waals surface area contributed by atoms with Gasteiger partial charge in [-0.25, -0.2) is 4.79 Å². The predicted molar refractivity (Wildman–Crippen MR) is 81.7 cm³/mol. The third-order valence-corrected chi connectivity index (χ3v) is 3.64. The number of fused-ring (bicyclic) bond motifs is 1. The Morgan fingerprint density at radius 3 is 2.95 bits per heavy atom. The van der Waals surface area contributed by atoms with Gasteiger partial charge in [-0.1, -0.05) is 12.1 Å².